The number of hydrogen-bond donors (Lipinski definition) is 3. The van der Waals surface area contributed by atoms with Crippen molar-refractivity contribution in [2.45, 2.75) is 20.3 Å². The Kier molecular flexibility index (Phi) is 4.30. The second kappa shape index (κ2) is 5.52. The highest BCUT2D eigenvalue weighted by atomic mass is 16.4. The van der Waals surface area contributed by atoms with Gasteiger partial charge in [-0.3, -0.25) is 14.3 Å². The summed E-state index contributed by atoms with van der Waals surface area (Å²) in [4.78, 5) is 21.9. The van der Waals surface area contributed by atoms with E-state index in [0.29, 0.717) is 23.6 Å². The van der Waals surface area contributed by atoms with E-state index in [-0.39, 0.29) is 12.3 Å². The molecule has 0 aromatic carbocycles. The van der Waals surface area contributed by atoms with Crippen molar-refractivity contribution in [3.63, 3.8) is 0 Å². The van der Waals surface area contributed by atoms with Gasteiger partial charge in [-0.05, 0) is 12.8 Å². The smallest absolute Gasteiger partial charge is 0.303 e. The van der Waals surface area contributed by atoms with Crippen molar-refractivity contribution in [2.75, 3.05) is 11.9 Å². The lowest BCUT2D eigenvalue weighted by Gasteiger charge is -2.12. The average molecular weight is 254 g/mol. The van der Waals surface area contributed by atoms with Crippen LogP contribution in [-0.2, 0) is 11.8 Å². The number of amides is 1. The van der Waals surface area contributed by atoms with Crippen molar-refractivity contribution >= 4 is 17.7 Å². The van der Waals surface area contributed by atoms with Gasteiger partial charge in [-0.2, -0.15) is 5.10 Å². The minimum atomic E-state index is -0.847. The standard InChI is InChI=1S/C11H18N4O3/c1-6(4-8(16)17)5-13-11-9(10(12)18)7(2)14-15(11)3/h6,13H,4-5H2,1-3H3,(H2,12,18)(H,16,17). The second-order valence-corrected chi connectivity index (χ2v) is 4.38. The molecule has 0 spiro atoms. The molecule has 1 heterocycles. The van der Waals surface area contributed by atoms with Crippen LogP contribution in [0.3, 0.4) is 0 Å². The number of carboxylic acids is 1. The van der Waals surface area contributed by atoms with Crippen LogP contribution in [0, 0.1) is 12.8 Å². The maximum Gasteiger partial charge on any atom is 0.303 e. The fourth-order valence-corrected chi connectivity index (χ4v) is 1.80. The number of nitrogens with one attached hydrogen (secondary N) is 1. The number of anilines is 1. The Morgan fingerprint density at radius 3 is 2.67 bits per heavy atom. The zero-order valence-corrected chi connectivity index (χ0v) is 10.7. The van der Waals surface area contributed by atoms with Gasteiger partial charge in [0.05, 0.1) is 5.69 Å². The molecule has 7 nitrogen and oxygen atoms in total. The Labute approximate surface area is 105 Å². The van der Waals surface area contributed by atoms with E-state index in [1.807, 2.05) is 6.92 Å². The van der Waals surface area contributed by atoms with E-state index < -0.39 is 11.9 Å². The number of nitrogens with two attached hydrogens (primary N) is 1. The van der Waals surface area contributed by atoms with Crippen LogP contribution < -0.4 is 11.1 Å². The van der Waals surface area contributed by atoms with Gasteiger partial charge in [0, 0.05) is 20.0 Å². The van der Waals surface area contributed by atoms with Crippen LogP contribution in [0.25, 0.3) is 0 Å². The molecule has 0 saturated heterocycles. The summed E-state index contributed by atoms with van der Waals surface area (Å²) in [5.41, 5.74) is 6.19. The molecule has 0 fully saturated rings. The Hall–Kier alpha value is -2.05. The van der Waals surface area contributed by atoms with Gasteiger partial charge < -0.3 is 16.2 Å². The highest BCUT2D eigenvalue weighted by Crippen LogP contribution is 2.18. The van der Waals surface area contributed by atoms with Crippen molar-refractivity contribution < 1.29 is 14.7 Å². The quantitative estimate of drug-likeness (QED) is 0.678. The molecule has 0 aliphatic rings. The fraction of sp³-hybridized carbons (Fsp3) is 0.545. The van der Waals surface area contributed by atoms with Gasteiger partial charge >= 0.3 is 5.97 Å². The number of aromatic nitrogens is 2. The zero-order chi connectivity index (χ0) is 13.9. The van der Waals surface area contributed by atoms with Crippen molar-refractivity contribution in [3.05, 3.63) is 11.3 Å². The number of carbonyl (C=O) groups excluding carboxylic acids is 1. The molecule has 18 heavy (non-hydrogen) atoms. The molecule has 100 valence electrons. The number of nitrogens with zero attached hydrogens (tertiary/aromatic N) is 2. The highest BCUT2D eigenvalue weighted by Gasteiger charge is 2.18. The summed E-state index contributed by atoms with van der Waals surface area (Å²) < 4.78 is 1.53. The van der Waals surface area contributed by atoms with Crippen LogP contribution >= 0.6 is 0 Å². The van der Waals surface area contributed by atoms with Crippen molar-refractivity contribution in [1.29, 1.82) is 0 Å². The molecule has 1 amide bonds. The molecule has 1 unspecified atom stereocenters. The molecule has 0 aliphatic heterocycles. The maximum atomic E-state index is 11.3. The molecule has 1 aromatic heterocycles. The molecule has 0 saturated carbocycles. The predicted molar refractivity (Wildman–Crippen MR) is 66.4 cm³/mol. The average Bonchev–Trinajstić information content (AvgIpc) is 2.49. The normalized spacial score (nSPS) is 12.2. The van der Waals surface area contributed by atoms with Crippen LogP contribution in [0.5, 0.6) is 0 Å². The van der Waals surface area contributed by atoms with Gasteiger partial charge in [0.1, 0.15) is 11.4 Å². The summed E-state index contributed by atoms with van der Waals surface area (Å²) in [5.74, 6) is -0.926. The lowest BCUT2D eigenvalue weighted by molar-refractivity contribution is -0.137. The molecule has 0 bridgehead atoms. The van der Waals surface area contributed by atoms with E-state index >= 15 is 0 Å². The van der Waals surface area contributed by atoms with Crippen LogP contribution in [-0.4, -0.2) is 33.3 Å². The van der Waals surface area contributed by atoms with Gasteiger partial charge in [0.25, 0.3) is 5.91 Å². The lowest BCUT2D eigenvalue weighted by atomic mass is 10.1. The van der Waals surface area contributed by atoms with Crippen LogP contribution in [0.1, 0.15) is 29.4 Å². The van der Waals surface area contributed by atoms with Gasteiger partial charge in [0.2, 0.25) is 0 Å². The zero-order valence-electron chi connectivity index (χ0n) is 10.7. The summed E-state index contributed by atoms with van der Waals surface area (Å²) in [6.45, 7) is 3.95. The minimum absolute atomic E-state index is 0.0570. The third kappa shape index (κ3) is 3.22. The van der Waals surface area contributed by atoms with Gasteiger partial charge in [-0.1, -0.05) is 6.92 Å². The van der Waals surface area contributed by atoms with E-state index in [2.05, 4.69) is 10.4 Å². The molecule has 7 heteroatoms. The first kappa shape index (κ1) is 14.0. The van der Waals surface area contributed by atoms with Gasteiger partial charge in [0.15, 0.2) is 0 Å². The van der Waals surface area contributed by atoms with E-state index in [1.165, 1.54) is 4.68 Å². The maximum absolute atomic E-state index is 11.3. The SMILES string of the molecule is Cc1nn(C)c(NCC(C)CC(=O)O)c1C(N)=O. The topological polar surface area (TPSA) is 110 Å². The first-order valence-electron chi connectivity index (χ1n) is 5.62. The predicted octanol–water partition coefficient (Wildman–Crippen LogP) is 0.350. The van der Waals surface area contributed by atoms with Crippen molar-refractivity contribution in [3.8, 4) is 0 Å². The van der Waals surface area contributed by atoms with Crippen LogP contribution in [0.2, 0.25) is 0 Å². The number of carbonyl (C=O) groups is 2. The molecule has 1 atom stereocenters. The number of carboxylic acid groups (broad SMARTS) is 1. The van der Waals surface area contributed by atoms with E-state index in [0.717, 1.165) is 0 Å². The fourth-order valence-electron chi connectivity index (χ4n) is 1.80. The van der Waals surface area contributed by atoms with Crippen molar-refractivity contribution in [1.82, 2.24) is 9.78 Å². The van der Waals surface area contributed by atoms with Crippen LogP contribution in [0.4, 0.5) is 5.82 Å². The number of aliphatic carboxylic acids is 1. The Bertz CT molecular complexity index is 467. The van der Waals surface area contributed by atoms with Crippen LogP contribution in [0.15, 0.2) is 0 Å². The number of rotatable bonds is 6. The second-order valence-electron chi connectivity index (χ2n) is 4.38. The Morgan fingerprint density at radius 1 is 1.56 bits per heavy atom. The van der Waals surface area contributed by atoms with Gasteiger partial charge in [-0.25, -0.2) is 0 Å². The summed E-state index contributed by atoms with van der Waals surface area (Å²) in [5, 5.41) is 15.8. The Balaban J connectivity index is 2.78. The first-order chi connectivity index (χ1) is 8.32. The lowest BCUT2D eigenvalue weighted by Crippen LogP contribution is -2.20. The molecular formula is C11H18N4O3. The summed E-state index contributed by atoms with van der Waals surface area (Å²) in [6, 6.07) is 0. The molecular weight excluding hydrogens is 236 g/mol. The largest absolute Gasteiger partial charge is 0.481 e. The minimum Gasteiger partial charge on any atom is -0.481 e. The van der Waals surface area contributed by atoms with Crippen molar-refractivity contribution in [2.24, 2.45) is 18.7 Å². The molecule has 4 N–H and O–H groups in total. The number of primary amides is 1. The number of hydrogen-bond acceptors (Lipinski definition) is 4. The Morgan fingerprint density at radius 2 is 2.17 bits per heavy atom. The highest BCUT2D eigenvalue weighted by molar-refractivity contribution is 5.98. The third-order valence-corrected chi connectivity index (χ3v) is 2.61. The van der Waals surface area contributed by atoms with E-state index in [4.69, 9.17) is 10.8 Å². The third-order valence-electron chi connectivity index (χ3n) is 2.61. The monoisotopic (exact) mass is 254 g/mol. The summed E-state index contributed by atoms with van der Waals surface area (Å²) in [7, 11) is 1.70. The van der Waals surface area contributed by atoms with E-state index in [1.54, 1.807) is 14.0 Å². The first-order valence-corrected chi connectivity index (χ1v) is 5.62. The molecule has 1 rings (SSSR count). The summed E-state index contributed by atoms with van der Waals surface area (Å²) in [6.07, 6.45) is 0.0652. The number of aryl methyl sites for hydroxylation is 2. The summed E-state index contributed by atoms with van der Waals surface area (Å²) >= 11 is 0. The van der Waals surface area contributed by atoms with Gasteiger partial charge in [-0.15, -0.1) is 0 Å². The molecule has 0 aliphatic carbocycles. The molecule has 0 radical (unpaired) electrons. The van der Waals surface area contributed by atoms with E-state index in [9.17, 15) is 9.59 Å². The molecule has 1 aromatic rings.